The van der Waals surface area contributed by atoms with E-state index >= 15 is 0 Å². The largest absolute Gasteiger partial charge is 0.304 e. The molecule has 0 radical (unpaired) electrons. The molecule has 0 rings (SSSR count). The molecular weight excluding hydrogens is 124 g/mol. The average Bonchev–Trinajstić information content (AvgIpc) is 1.63. The molecule has 10 heavy (non-hydrogen) atoms. The minimum atomic E-state index is 0. The van der Waals surface area contributed by atoms with Crippen LogP contribution in [-0.4, -0.2) is 31.3 Å². The molecule has 0 aromatic rings. The molecule has 0 amide bonds. The summed E-state index contributed by atoms with van der Waals surface area (Å²) in [6.07, 6.45) is 0. The van der Waals surface area contributed by atoms with Crippen LogP contribution in [0.5, 0.6) is 0 Å². The first kappa shape index (κ1) is 12.1. The van der Waals surface area contributed by atoms with Gasteiger partial charge in [0.25, 0.3) is 0 Å². The van der Waals surface area contributed by atoms with Crippen LogP contribution in [0.25, 0.3) is 0 Å². The first-order valence-corrected chi connectivity index (χ1v) is 2.92. The molecule has 0 aliphatic carbocycles. The normalized spacial score (nSPS) is 8.80. The van der Waals surface area contributed by atoms with Gasteiger partial charge in [0.15, 0.2) is 0 Å². The average molecular weight is 142 g/mol. The van der Waals surface area contributed by atoms with Gasteiger partial charge in [-0.3, -0.25) is 0 Å². The third kappa shape index (κ3) is 5.51. The van der Waals surface area contributed by atoms with Crippen molar-refractivity contribution in [3.8, 4) is 0 Å². The van der Waals surface area contributed by atoms with Crippen molar-refractivity contribution in [1.29, 1.82) is 5.41 Å². The van der Waals surface area contributed by atoms with Gasteiger partial charge in [-0.25, -0.2) is 0 Å². The van der Waals surface area contributed by atoms with Gasteiger partial charge in [-0.15, -0.1) is 0 Å². The molecule has 0 heterocycles. The van der Waals surface area contributed by atoms with E-state index in [0.717, 1.165) is 5.57 Å². The molecule has 0 aliphatic heterocycles. The Morgan fingerprint density at radius 3 is 2.00 bits per heavy atom. The quantitative estimate of drug-likeness (QED) is 0.597. The highest BCUT2D eigenvalue weighted by molar-refractivity contribution is 5.98. The maximum atomic E-state index is 7.33. The lowest BCUT2D eigenvalue weighted by Crippen LogP contribution is -2.21. The van der Waals surface area contributed by atoms with Gasteiger partial charge in [0.05, 0.1) is 0 Å². The molecule has 0 bridgehead atoms. The van der Waals surface area contributed by atoms with Crippen molar-refractivity contribution >= 4 is 5.71 Å². The van der Waals surface area contributed by atoms with E-state index in [1.165, 1.54) is 0 Å². The SMILES string of the molecule is C.C=C(C)C(=N)CN(C)C. The Morgan fingerprint density at radius 1 is 1.50 bits per heavy atom. The lowest BCUT2D eigenvalue weighted by Gasteiger charge is -2.09. The molecule has 0 aromatic heterocycles. The van der Waals surface area contributed by atoms with Gasteiger partial charge in [-0.05, 0) is 26.6 Å². The highest BCUT2D eigenvalue weighted by Crippen LogP contribution is 1.90. The Morgan fingerprint density at radius 2 is 1.90 bits per heavy atom. The maximum absolute atomic E-state index is 7.33. The topological polar surface area (TPSA) is 27.1 Å². The van der Waals surface area contributed by atoms with Crippen LogP contribution >= 0.6 is 0 Å². The van der Waals surface area contributed by atoms with Crippen LogP contribution in [0.3, 0.4) is 0 Å². The summed E-state index contributed by atoms with van der Waals surface area (Å²) in [7, 11) is 3.88. The fraction of sp³-hybridized carbons (Fsp3) is 0.625. The lowest BCUT2D eigenvalue weighted by molar-refractivity contribution is 0.469. The molecular formula is C8H18N2. The minimum Gasteiger partial charge on any atom is -0.304 e. The summed E-state index contributed by atoms with van der Waals surface area (Å²) in [5, 5.41) is 7.33. The summed E-state index contributed by atoms with van der Waals surface area (Å²) in [6.45, 7) is 6.20. The predicted molar refractivity (Wildman–Crippen MR) is 47.8 cm³/mol. The molecule has 60 valence electrons. The smallest absolute Gasteiger partial charge is 0.0477 e. The molecule has 0 spiro atoms. The summed E-state index contributed by atoms with van der Waals surface area (Å²) in [5.74, 6) is 0. The first-order chi connectivity index (χ1) is 4.04. The fourth-order valence-electron chi connectivity index (χ4n) is 0.451. The second-order valence-electron chi connectivity index (χ2n) is 2.50. The summed E-state index contributed by atoms with van der Waals surface area (Å²) in [4.78, 5) is 1.96. The van der Waals surface area contributed by atoms with Crippen LogP contribution in [0.1, 0.15) is 14.4 Å². The molecule has 0 unspecified atom stereocenters. The van der Waals surface area contributed by atoms with Crippen molar-refractivity contribution in [2.45, 2.75) is 14.4 Å². The van der Waals surface area contributed by atoms with E-state index in [2.05, 4.69) is 6.58 Å². The lowest BCUT2D eigenvalue weighted by atomic mass is 10.2. The Hall–Kier alpha value is -0.630. The van der Waals surface area contributed by atoms with Crippen LogP contribution in [0.2, 0.25) is 0 Å². The second kappa shape index (κ2) is 5.18. The van der Waals surface area contributed by atoms with Crippen molar-refractivity contribution in [3.63, 3.8) is 0 Å². The summed E-state index contributed by atoms with van der Waals surface area (Å²) in [5.41, 5.74) is 1.46. The molecule has 1 N–H and O–H groups in total. The third-order valence-corrected chi connectivity index (χ3v) is 0.990. The number of nitrogens with one attached hydrogen (secondary N) is 1. The molecule has 0 saturated carbocycles. The Bertz CT molecular complexity index is 125. The number of rotatable bonds is 3. The van der Waals surface area contributed by atoms with E-state index in [4.69, 9.17) is 5.41 Å². The van der Waals surface area contributed by atoms with Crippen LogP contribution in [0.15, 0.2) is 12.2 Å². The molecule has 2 nitrogen and oxygen atoms in total. The molecule has 0 saturated heterocycles. The zero-order valence-electron chi connectivity index (χ0n) is 6.36. The summed E-state index contributed by atoms with van der Waals surface area (Å²) < 4.78 is 0. The highest BCUT2D eigenvalue weighted by atomic mass is 15.1. The van der Waals surface area contributed by atoms with Gasteiger partial charge in [-0.1, -0.05) is 14.0 Å². The van der Waals surface area contributed by atoms with Crippen LogP contribution in [-0.2, 0) is 0 Å². The molecule has 0 aromatic carbocycles. The van der Waals surface area contributed by atoms with E-state index in [1.807, 2.05) is 25.9 Å². The van der Waals surface area contributed by atoms with Crippen molar-refractivity contribution in [1.82, 2.24) is 4.90 Å². The first-order valence-electron chi connectivity index (χ1n) is 2.92. The van der Waals surface area contributed by atoms with E-state index in [1.54, 1.807) is 0 Å². The van der Waals surface area contributed by atoms with Gasteiger partial charge in [-0.2, -0.15) is 0 Å². The van der Waals surface area contributed by atoms with E-state index in [0.29, 0.717) is 12.3 Å². The van der Waals surface area contributed by atoms with Crippen molar-refractivity contribution in [2.75, 3.05) is 20.6 Å². The monoisotopic (exact) mass is 142 g/mol. The molecule has 0 fully saturated rings. The maximum Gasteiger partial charge on any atom is 0.0477 e. The number of hydrogen-bond donors (Lipinski definition) is 1. The van der Waals surface area contributed by atoms with Gasteiger partial charge in [0.1, 0.15) is 0 Å². The zero-order chi connectivity index (χ0) is 7.44. The fourth-order valence-corrected chi connectivity index (χ4v) is 0.451. The van der Waals surface area contributed by atoms with E-state index in [-0.39, 0.29) is 7.43 Å². The van der Waals surface area contributed by atoms with Gasteiger partial charge < -0.3 is 10.3 Å². The summed E-state index contributed by atoms with van der Waals surface area (Å²) in [6, 6.07) is 0. The molecule has 0 atom stereocenters. The van der Waals surface area contributed by atoms with Gasteiger partial charge >= 0.3 is 0 Å². The predicted octanol–water partition coefficient (Wildman–Crippen LogP) is 1.78. The van der Waals surface area contributed by atoms with E-state index in [9.17, 15) is 0 Å². The van der Waals surface area contributed by atoms with Crippen molar-refractivity contribution in [2.24, 2.45) is 0 Å². The molecule has 2 heteroatoms. The Balaban J connectivity index is 0. The van der Waals surface area contributed by atoms with Crippen molar-refractivity contribution < 1.29 is 0 Å². The van der Waals surface area contributed by atoms with Crippen LogP contribution in [0.4, 0.5) is 0 Å². The second-order valence-corrected chi connectivity index (χ2v) is 2.50. The molecule has 0 aliphatic rings. The number of nitrogens with zero attached hydrogens (tertiary/aromatic N) is 1. The zero-order valence-corrected chi connectivity index (χ0v) is 6.36. The highest BCUT2D eigenvalue weighted by Gasteiger charge is 1.96. The minimum absolute atomic E-state index is 0. The Labute approximate surface area is 64.1 Å². The van der Waals surface area contributed by atoms with Gasteiger partial charge in [0, 0.05) is 12.3 Å². The van der Waals surface area contributed by atoms with Gasteiger partial charge in [0.2, 0.25) is 0 Å². The van der Waals surface area contributed by atoms with Crippen molar-refractivity contribution in [3.05, 3.63) is 12.2 Å². The number of hydrogen-bond acceptors (Lipinski definition) is 2. The third-order valence-electron chi connectivity index (χ3n) is 0.990. The van der Waals surface area contributed by atoms with Crippen LogP contribution < -0.4 is 0 Å². The van der Waals surface area contributed by atoms with Crippen LogP contribution in [0, 0.1) is 5.41 Å². The summed E-state index contributed by atoms with van der Waals surface area (Å²) >= 11 is 0. The van der Waals surface area contributed by atoms with E-state index < -0.39 is 0 Å². The standard InChI is InChI=1S/C7H14N2.CH4/c1-6(2)7(8)5-9(3)4;/h8H,1,5H2,2-4H3;1H4. The Kier molecular flexibility index (Phi) is 6.26.